The Bertz CT molecular complexity index is 439. The number of ether oxygens (including phenoxy) is 3. The minimum atomic E-state index is -0.412. The Labute approximate surface area is 124 Å². The molecule has 21 heavy (non-hydrogen) atoms. The maximum Gasteiger partial charge on any atom is 0.292 e. The fourth-order valence-corrected chi connectivity index (χ4v) is 1.75. The number of nitrogens with zero attached hydrogens (tertiary/aromatic N) is 1. The Morgan fingerprint density at radius 2 is 1.95 bits per heavy atom. The summed E-state index contributed by atoms with van der Waals surface area (Å²) in [6.45, 7) is 2.75. The summed E-state index contributed by atoms with van der Waals surface area (Å²) < 4.78 is 15.7. The molecule has 1 aromatic rings. The highest BCUT2D eigenvalue weighted by Gasteiger charge is 2.12. The molecular formula is C14H22N2O5. The van der Waals surface area contributed by atoms with Crippen molar-refractivity contribution < 1.29 is 19.1 Å². The lowest BCUT2D eigenvalue weighted by molar-refractivity contribution is -0.384. The van der Waals surface area contributed by atoms with Gasteiger partial charge < -0.3 is 19.5 Å². The first-order valence-corrected chi connectivity index (χ1v) is 6.78. The molecule has 0 aliphatic heterocycles. The lowest BCUT2D eigenvalue weighted by Crippen LogP contribution is -2.07. The number of rotatable bonds is 11. The van der Waals surface area contributed by atoms with Crippen molar-refractivity contribution in [2.24, 2.45) is 0 Å². The third kappa shape index (κ3) is 6.52. The molecule has 7 heteroatoms. The van der Waals surface area contributed by atoms with E-state index in [-0.39, 0.29) is 5.69 Å². The zero-order chi connectivity index (χ0) is 15.5. The molecule has 0 aliphatic carbocycles. The first-order valence-electron chi connectivity index (χ1n) is 6.78. The third-order valence-corrected chi connectivity index (χ3v) is 2.80. The Morgan fingerprint density at radius 3 is 2.62 bits per heavy atom. The van der Waals surface area contributed by atoms with Crippen LogP contribution in [0.3, 0.4) is 0 Å². The highest BCUT2D eigenvalue weighted by atomic mass is 16.6. The summed E-state index contributed by atoms with van der Waals surface area (Å²) in [7, 11) is 3.31. The van der Waals surface area contributed by atoms with Crippen LogP contribution >= 0.6 is 0 Å². The highest BCUT2D eigenvalue weighted by molar-refractivity contribution is 5.62. The van der Waals surface area contributed by atoms with Gasteiger partial charge in [-0.2, -0.15) is 0 Å². The highest BCUT2D eigenvalue weighted by Crippen LogP contribution is 2.25. The summed E-state index contributed by atoms with van der Waals surface area (Å²) >= 11 is 0. The van der Waals surface area contributed by atoms with Gasteiger partial charge in [-0.25, -0.2) is 0 Å². The number of anilines is 1. The van der Waals surface area contributed by atoms with E-state index in [1.54, 1.807) is 26.3 Å². The average Bonchev–Trinajstić information content (AvgIpc) is 2.49. The molecule has 0 radical (unpaired) electrons. The van der Waals surface area contributed by atoms with E-state index in [1.165, 1.54) is 6.07 Å². The Kier molecular flexibility index (Phi) is 8.34. The van der Waals surface area contributed by atoms with Gasteiger partial charge in [-0.15, -0.1) is 0 Å². The molecule has 0 aliphatic rings. The van der Waals surface area contributed by atoms with Gasteiger partial charge in [-0.05, 0) is 24.1 Å². The zero-order valence-corrected chi connectivity index (χ0v) is 12.5. The van der Waals surface area contributed by atoms with Gasteiger partial charge in [-0.1, -0.05) is 0 Å². The molecule has 0 aromatic heterocycles. The maximum atomic E-state index is 10.8. The van der Waals surface area contributed by atoms with E-state index in [2.05, 4.69) is 5.32 Å². The van der Waals surface area contributed by atoms with Crippen molar-refractivity contribution >= 4 is 11.4 Å². The predicted molar refractivity (Wildman–Crippen MR) is 79.6 cm³/mol. The fraction of sp³-hybridized carbons (Fsp3) is 0.571. The molecule has 0 bridgehead atoms. The van der Waals surface area contributed by atoms with E-state index in [0.29, 0.717) is 38.7 Å². The summed E-state index contributed by atoms with van der Waals surface area (Å²) in [6.07, 6.45) is 0.865. The smallest absolute Gasteiger partial charge is 0.292 e. The molecule has 0 atom stereocenters. The predicted octanol–water partition coefficient (Wildman–Crippen LogP) is 2.21. The van der Waals surface area contributed by atoms with E-state index < -0.39 is 4.92 Å². The van der Waals surface area contributed by atoms with Crippen LogP contribution in [0.15, 0.2) is 18.2 Å². The molecule has 0 fully saturated rings. The molecule has 118 valence electrons. The van der Waals surface area contributed by atoms with Gasteiger partial charge in [0.25, 0.3) is 5.69 Å². The minimum absolute atomic E-state index is 0.0581. The van der Waals surface area contributed by atoms with E-state index in [4.69, 9.17) is 14.2 Å². The van der Waals surface area contributed by atoms with Gasteiger partial charge in [0.1, 0.15) is 5.69 Å². The van der Waals surface area contributed by atoms with Crippen LogP contribution in [0.5, 0.6) is 0 Å². The van der Waals surface area contributed by atoms with Crippen LogP contribution in [0.4, 0.5) is 11.4 Å². The van der Waals surface area contributed by atoms with E-state index in [1.807, 2.05) is 0 Å². The topological polar surface area (TPSA) is 82.9 Å². The quantitative estimate of drug-likeness (QED) is 0.383. The van der Waals surface area contributed by atoms with Crippen molar-refractivity contribution in [2.75, 3.05) is 45.9 Å². The number of methoxy groups -OCH3 is 1. The van der Waals surface area contributed by atoms with Gasteiger partial charge in [0.05, 0.1) is 24.7 Å². The number of nitro groups is 1. The molecular weight excluding hydrogens is 276 g/mol. The van der Waals surface area contributed by atoms with Crippen molar-refractivity contribution in [3.8, 4) is 0 Å². The number of nitro benzene ring substituents is 1. The standard InChI is InChI=1S/C14H22N2O5/c1-15-13-10-12(4-5-14(13)16(17)18)11-21-9-8-20-7-3-6-19-2/h4-5,10,15H,3,6-9,11H2,1-2H3. The molecule has 0 saturated carbocycles. The summed E-state index contributed by atoms with van der Waals surface area (Å²) in [5.74, 6) is 0. The van der Waals surface area contributed by atoms with E-state index in [0.717, 1.165) is 12.0 Å². The van der Waals surface area contributed by atoms with Gasteiger partial charge in [0, 0.05) is 33.4 Å². The second-order valence-corrected chi connectivity index (χ2v) is 4.37. The van der Waals surface area contributed by atoms with Crippen LogP contribution in [0, 0.1) is 10.1 Å². The number of benzene rings is 1. The second kappa shape index (κ2) is 10.1. The van der Waals surface area contributed by atoms with Crippen molar-refractivity contribution in [3.05, 3.63) is 33.9 Å². The Morgan fingerprint density at radius 1 is 1.19 bits per heavy atom. The van der Waals surface area contributed by atoms with Crippen molar-refractivity contribution in [1.82, 2.24) is 0 Å². The molecule has 0 unspecified atom stereocenters. The fourth-order valence-electron chi connectivity index (χ4n) is 1.75. The lowest BCUT2D eigenvalue weighted by Gasteiger charge is -2.08. The number of hydrogen-bond donors (Lipinski definition) is 1. The minimum Gasteiger partial charge on any atom is -0.385 e. The molecule has 0 amide bonds. The summed E-state index contributed by atoms with van der Waals surface area (Å²) in [5, 5.41) is 13.6. The van der Waals surface area contributed by atoms with Crippen molar-refractivity contribution in [1.29, 1.82) is 0 Å². The molecule has 0 spiro atoms. The van der Waals surface area contributed by atoms with Gasteiger partial charge >= 0.3 is 0 Å². The van der Waals surface area contributed by atoms with E-state index >= 15 is 0 Å². The van der Waals surface area contributed by atoms with Gasteiger partial charge in [0.15, 0.2) is 0 Å². The zero-order valence-electron chi connectivity index (χ0n) is 12.5. The lowest BCUT2D eigenvalue weighted by atomic mass is 10.2. The summed E-state index contributed by atoms with van der Waals surface area (Å²) in [6, 6.07) is 4.89. The average molecular weight is 298 g/mol. The van der Waals surface area contributed by atoms with Crippen LogP contribution in [0.1, 0.15) is 12.0 Å². The van der Waals surface area contributed by atoms with Crippen molar-refractivity contribution in [2.45, 2.75) is 13.0 Å². The molecule has 1 rings (SSSR count). The Hall–Kier alpha value is -1.70. The van der Waals surface area contributed by atoms with Crippen molar-refractivity contribution in [3.63, 3.8) is 0 Å². The van der Waals surface area contributed by atoms with Gasteiger partial charge in [0.2, 0.25) is 0 Å². The van der Waals surface area contributed by atoms with Gasteiger partial charge in [-0.3, -0.25) is 10.1 Å². The molecule has 7 nitrogen and oxygen atoms in total. The molecule has 0 saturated heterocycles. The van der Waals surface area contributed by atoms with Crippen LogP contribution < -0.4 is 5.32 Å². The second-order valence-electron chi connectivity index (χ2n) is 4.37. The third-order valence-electron chi connectivity index (χ3n) is 2.80. The van der Waals surface area contributed by atoms with Crippen LogP contribution in [0.2, 0.25) is 0 Å². The molecule has 0 heterocycles. The van der Waals surface area contributed by atoms with Crippen LogP contribution in [0.25, 0.3) is 0 Å². The Balaban J connectivity index is 2.28. The number of hydrogen-bond acceptors (Lipinski definition) is 6. The normalized spacial score (nSPS) is 10.6. The maximum absolute atomic E-state index is 10.8. The molecule has 1 N–H and O–H groups in total. The first kappa shape index (κ1) is 17.4. The molecule has 1 aromatic carbocycles. The van der Waals surface area contributed by atoms with E-state index in [9.17, 15) is 10.1 Å². The first-order chi connectivity index (χ1) is 10.2. The summed E-state index contributed by atoms with van der Waals surface area (Å²) in [5.41, 5.74) is 1.42. The number of nitrogens with one attached hydrogen (secondary N) is 1. The van der Waals surface area contributed by atoms with Crippen LogP contribution in [-0.2, 0) is 20.8 Å². The SMILES string of the molecule is CNc1cc(COCCOCCCOC)ccc1[N+](=O)[O-]. The monoisotopic (exact) mass is 298 g/mol. The summed E-state index contributed by atoms with van der Waals surface area (Å²) in [4.78, 5) is 10.4. The largest absolute Gasteiger partial charge is 0.385 e. The van der Waals surface area contributed by atoms with Crippen LogP contribution in [-0.4, -0.2) is 45.5 Å².